The highest BCUT2D eigenvalue weighted by Crippen LogP contribution is 2.30. The number of anilines is 1. The van der Waals surface area contributed by atoms with Crippen molar-refractivity contribution in [1.29, 1.82) is 0 Å². The summed E-state index contributed by atoms with van der Waals surface area (Å²) in [6, 6.07) is 0. The van der Waals surface area contributed by atoms with Crippen LogP contribution >= 0.6 is 11.3 Å². The zero-order valence-electron chi connectivity index (χ0n) is 10.3. The standard InChI is InChI=1S/C12H19N3OS/c1-7-4-3-5-9(7)6-14-11(16)10-8(2)15-12(13)17-10/h7,9H,3-6H2,1-2H3,(H2,13,15)(H,14,16). The van der Waals surface area contributed by atoms with Crippen molar-refractivity contribution in [3.05, 3.63) is 10.6 Å². The number of nitrogens with zero attached hydrogens (tertiary/aromatic N) is 1. The van der Waals surface area contributed by atoms with E-state index in [1.807, 2.05) is 6.92 Å². The van der Waals surface area contributed by atoms with Gasteiger partial charge in [0.15, 0.2) is 5.13 Å². The van der Waals surface area contributed by atoms with E-state index in [2.05, 4.69) is 17.2 Å². The van der Waals surface area contributed by atoms with Crippen molar-refractivity contribution in [3.8, 4) is 0 Å². The first-order chi connectivity index (χ1) is 8.08. The Morgan fingerprint density at radius 3 is 2.88 bits per heavy atom. The Hall–Kier alpha value is -1.10. The predicted molar refractivity (Wildman–Crippen MR) is 70.1 cm³/mol. The van der Waals surface area contributed by atoms with Crippen molar-refractivity contribution in [3.63, 3.8) is 0 Å². The van der Waals surface area contributed by atoms with Gasteiger partial charge in [-0.15, -0.1) is 0 Å². The molecular weight excluding hydrogens is 234 g/mol. The minimum absolute atomic E-state index is 0.0317. The van der Waals surface area contributed by atoms with E-state index in [-0.39, 0.29) is 5.91 Å². The molecule has 0 saturated heterocycles. The van der Waals surface area contributed by atoms with Gasteiger partial charge in [-0.3, -0.25) is 4.79 Å². The molecule has 1 aromatic heterocycles. The van der Waals surface area contributed by atoms with Gasteiger partial charge in [0.1, 0.15) is 4.88 Å². The normalized spacial score (nSPS) is 23.9. The van der Waals surface area contributed by atoms with Crippen LogP contribution in [0.3, 0.4) is 0 Å². The number of amides is 1. The number of hydrogen-bond acceptors (Lipinski definition) is 4. The predicted octanol–water partition coefficient (Wildman–Crippen LogP) is 2.20. The van der Waals surface area contributed by atoms with Gasteiger partial charge in [-0.25, -0.2) is 4.98 Å². The molecule has 0 spiro atoms. The Labute approximate surface area is 106 Å². The lowest BCUT2D eigenvalue weighted by Crippen LogP contribution is -2.30. The number of nitrogens with two attached hydrogens (primary N) is 1. The van der Waals surface area contributed by atoms with Crippen molar-refractivity contribution >= 4 is 22.4 Å². The number of carbonyl (C=O) groups excluding carboxylic acids is 1. The number of rotatable bonds is 3. The fourth-order valence-corrected chi connectivity index (χ4v) is 3.21. The maximum absolute atomic E-state index is 11.9. The van der Waals surface area contributed by atoms with Gasteiger partial charge in [0.05, 0.1) is 5.69 Å². The molecule has 0 radical (unpaired) electrons. The molecule has 1 aliphatic carbocycles. The first kappa shape index (κ1) is 12.4. The summed E-state index contributed by atoms with van der Waals surface area (Å²) in [7, 11) is 0. The summed E-state index contributed by atoms with van der Waals surface area (Å²) >= 11 is 1.26. The molecular formula is C12H19N3OS. The second kappa shape index (κ2) is 5.04. The quantitative estimate of drug-likeness (QED) is 0.867. The molecule has 2 unspecified atom stereocenters. The van der Waals surface area contributed by atoms with E-state index in [9.17, 15) is 4.79 Å². The molecule has 0 aliphatic heterocycles. The van der Waals surface area contributed by atoms with E-state index in [1.54, 1.807) is 0 Å². The highest BCUT2D eigenvalue weighted by Gasteiger charge is 2.24. The van der Waals surface area contributed by atoms with E-state index in [0.29, 0.717) is 15.9 Å². The molecule has 1 heterocycles. The van der Waals surface area contributed by atoms with Gasteiger partial charge in [0.25, 0.3) is 5.91 Å². The van der Waals surface area contributed by atoms with E-state index in [0.717, 1.165) is 18.2 Å². The molecule has 2 atom stereocenters. The Morgan fingerprint density at radius 2 is 2.35 bits per heavy atom. The summed E-state index contributed by atoms with van der Waals surface area (Å²) in [5.41, 5.74) is 6.31. The van der Waals surface area contributed by atoms with Crippen LogP contribution in [0.2, 0.25) is 0 Å². The average Bonchev–Trinajstić information content (AvgIpc) is 2.81. The SMILES string of the molecule is Cc1nc(N)sc1C(=O)NCC1CCCC1C. The fourth-order valence-electron chi connectivity index (χ4n) is 2.46. The third kappa shape index (κ3) is 2.77. The number of thiazole rings is 1. The van der Waals surface area contributed by atoms with Crippen molar-refractivity contribution in [2.45, 2.75) is 33.1 Å². The van der Waals surface area contributed by atoms with Gasteiger partial charge in [-0.2, -0.15) is 0 Å². The first-order valence-electron chi connectivity index (χ1n) is 6.09. The molecule has 94 valence electrons. The van der Waals surface area contributed by atoms with E-state index in [4.69, 9.17) is 5.73 Å². The van der Waals surface area contributed by atoms with Crippen LogP contribution < -0.4 is 11.1 Å². The van der Waals surface area contributed by atoms with Gasteiger partial charge < -0.3 is 11.1 Å². The number of aromatic nitrogens is 1. The van der Waals surface area contributed by atoms with Crippen LogP contribution in [0.4, 0.5) is 5.13 Å². The van der Waals surface area contributed by atoms with Crippen LogP contribution in [0.15, 0.2) is 0 Å². The summed E-state index contributed by atoms with van der Waals surface area (Å²) in [4.78, 5) is 16.7. The Kier molecular flexibility index (Phi) is 3.66. The molecule has 0 bridgehead atoms. The summed E-state index contributed by atoms with van der Waals surface area (Å²) in [5.74, 6) is 1.32. The summed E-state index contributed by atoms with van der Waals surface area (Å²) < 4.78 is 0. The Bertz CT molecular complexity index is 416. The lowest BCUT2D eigenvalue weighted by molar-refractivity contribution is 0.0948. The van der Waals surface area contributed by atoms with Crippen LogP contribution in [0.25, 0.3) is 0 Å². The van der Waals surface area contributed by atoms with E-state index < -0.39 is 0 Å². The number of carbonyl (C=O) groups is 1. The zero-order valence-corrected chi connectivity index (χ0v) is 11.1. The number of nitrogens with one attached hydrogen (secondary N) is 1. The molecule has 1 amide bonds. The zero-order chi connectivity index (χ0) is 12.4. The highest BCUT2D eigenvalue weighted by molar-refractivity contribution is 7.17. The number of nitrogen functional groups attached to an aromatic ring is 1. The Balaban J connectivity index is 1.91. The fraction of sp³-hybridized carbons (Fsp3) is 0.667. The van der Waals surface area contributed by atoms with Crippen molar-refractivity contribution in [2.24, 2.45) is 11.8 Å². The lowest BCUT2D eigenvalue weighted by Gasteiger charge is -2.15. The largest absolute Gasteiger partial charge is 0.375 e. The molecule has 2 rings (SSSR count). The summed E-state index contributed by atoms with van der Waals surface area (Å²) in [5, 5.41) is 3.46. The molecule has 1 aliphatic rings. The molecule has 1 fully saturated rings. The summed E-state index contributed by atoms with van der Waals surface area (Å²) in [6.45, 7) is 4.86. The molecule has 4 nitrogen and oxygen atoms in total. The average molecular weight is 253 g/mol. The van der Waals surface area contributed by atoms with Crippen LogP contribution in [-0.2, 0) is 0 Å². The second-order valence-electron chi connectivity index (χ2n) is 4.84. The van der Waals surface area contributed by atoms with Gasteiger partial charge in [0, 0.05) is 6.54 Å². The van der Waals surface area contributed by atoms with Crippen LogP contribution in [0.5, 0.6) is 0 Å². The van der Waals surface area contributed by atoms with Crippen LogP contribution in [-0.4, -0.2) is 17.4 Å². The number of hydrogen-bond donors (Lipinski definition) is 2. The molecule has 3 N–H and O–H groups in total. The minimum Gasteiger partial charge on any atom is -0.375 e. The Morgan fingerprint density at radius 1 is 1.59 bits per heavy atom. The maximum atomic E-state index is 11.9. The van der Waals surface area contributed by atoms with Gasteiger partial charge >= 0.3 is 0 Å². The first-order valence-corrected chi connectivity index (χ1v) is 6.90. The van der Waals surface area contributed by atoms with Gasteiger partial charge in [0.2, 0.25) is 0 Å². The monoisotopic (exact) mass is 253 g/mol. The molecule has 5 heteroatoms. The van der Waals surface area contributed by atoms with Gasteiger partial charge in [-0.1, -0.05) is 31.1 Å². The van der Waals surface area contributed by atoms with Crippen LogP contribution in [0.1, 0.15) is 41.6 Å². The number of aryl methyl sites for hydroxylation is 1. The third-order valence-electron chi connectivity index (χ3n) is 3.58. The van der Waals surface area contributed by atoms with Crippen molar-refractivity contribution in [1.82, 2.24) is 10.3 Å². The van der Waals surface area contributed by atoms with Crippen molar-refractivity contribution < 1.29 is 4.79 Å². The highest BCUT2D eigenvalue weighted by atomic mass is 32.1. The molecule has 0 aromatic carbocycles. The van der Waals surface area contributed by atoms with E-state index >= 15 is 0 Å². The maximum Gasteiger partial charge on any atom is 0.263 e. The minimum atomic E-state index is -0.0317. The smallest absolute Gasteiger partial charge is 0.263 e. The van der Waals surface area contributed by atoms with Crippen LogP contribution in [0, 0.1) is 18.8 Å². The second-order valence-corrected chi connectivity index (χ2v) is 5.88. The van der Waals surface area contributed by atoms with Gasteiger partial charge in [-0.05, 0) is 25.2 Å². The molecule has 1 aromatic rings. The lowest BCUT2D eigenvalue weighted by atomic mass is 9.98. The molecule has 17 heavy (non-hydrogen) atoms. The summed E-state index contributed by atoms with van der Waals surface area (Å²) in [6.07, 6.45) is 3.80. The van der Waals surface area contributed by atoms with Crippen molar-refractivity contribution in [2.75, 3.05) is 12.3 Å². The van der Waals surface area contributed by atoms with E-state index in [1.165, 1.54) is 30.6 Å². The topological polar surface area (TPSA) is 68.0 Å². The third-order valence-corrected chi connectivity index (χ3v) is 4.57. The molecule has 1 saturated carbocycles.